The molecule has 72 valence electrons. The van der Waals surface area contributed by atoms with Gasteiger partial charge in [0.05, 0.1) is 5.54 Å². The Balaban J connectivity index is 3.16. The van der Waals surface area contributed by atoms with Gasteiger partial charge in [-0.1, -0.05) is 5.21 Å². The summed E-state index contributed by atoms with van der Waals surface area (Å²) < 4.78 is 1.83. The van der Waals surface area contributed by atoms with Crippen molar-refractivity contribution in [3.8, 4) is 0 Å². The Bertz CT molecular complexity index is 319. The minimum atomic E-state index is -0.905. The van der Waals surface area contributed by atoms with Gasteiger partial charge in [-0.2, -0.15) is 0 Å². The number of hydrogen-bond donors (Lipinski definition) is 1. The number of nitrogens with two attached hydrogens (primary N) is 1. The predicted molar refractivity (Wildman–Crippen MR) is 51.3 cm³/mol. The van der Waals surface area contributed by atoms with E-state index in [-0.39, 0.29) is 5.78 Å². The zero-order chi connectivity index (χ0) is 10.2. The quantitative estimate of drug-likeness (QED) is 0.772. The number of aromatic nitrogens is 3. The van der Waals surface area contributed by atoms with Crippen LogP contribution in [0.1, 0.15) is 24.3 Å². The van der Waals surface area contributed by atoms with Gasteiger partial charge in [-0.3, -0.25) is 4.79 Å². The van der Waals surface area contributed by atoms with E-state index in [2.05, 4.69) is 26.2 Å². The first kappa shape index (κ1) is 10.3. The van der Waals surface area contributed by atoms with Crippen molar-refractivity contribution in [3.63, 3.8) is 0 Å². The first-order chi connectivity index (χ1) is 5.84. The molecular formula is C7H11BrN4O. The zero-order valence-electron chi connectivity index (χ0n) is 7.71. The minimum Gasteiger partial charge on any atom is -0.319 e. The van der Waals surface area contributed by atoms with Crippen LogP contribution < -0.4 is 5.73 Å². The monoisotopic (exact) mass is 246 g/mol. The Kier molecular flexibility index (Phi) is 2.53. The second-order valence-corrected chi connectivity index (χ2v) is 4.15. The number of Topliss-reactive ketones (excluding diaryl/α,β-unsaturated/α-hetero) is 1. The van der Waals surface area contributed by atoms with E-state index in [1.165, 1.54) is 4.68 Å². The van der Waals surface area contributed by atoms with Crippen LogP contribution in [0.15, 0.2) is 4.60 Å². The lowest BCUT2D eigenvalue weighted by atomic mass is 9.99. The third-order valence-electron chi connectivity index (χ3n) is 1.59. The van der Waals surface area contributed by atoms with Crippen LogP contribution in [-0.2, 0) is 7.05 Å². The largest absolute Gasteiger partial charge is 0.319 e. The van der Waals surface area contributed by atoms with Gasteiger partial charge in [0.1, 0.15) is 5.69 Å². The summed E-state index contributed by atoms with van der Waals surface area (Å²) in [7, 11) is 1.65. The Morgan fingerprint density at radius 1 is 1.62 bits per heavy atom. The van der Waals surface area contributed by atoms with Gasteiger partial charge in [0, 0.05) is 7.05 Å². The number of halogens is 1. The molecule has 1 rings (SSSR count). The molecule has 13 heavy (non-hydrogen) atoms. The second kappa shape index (κ2) is 3.19. The maximum atomic E-state index is 11.7. The lowest BCUT2D eigenvalue weighted by Crippen LogP contribution is -2.42. The summed E-state index contributed by atoms with van der Waals surface area (Å²) in [5.41, 5.74) is 5.16. The standard InChI is InChI=1S/C7H11BrN4O/c1-7(2,9)5(13)4-6(8)10-11-12(4)3/h9H2,1-3H3. The average Bonchev–Trinajstić information content (AvgIpc) is 2.28. The summed E-state index contributed by atoms with van der Waals surface area (Å²) >= 11 is 3.14. The zero-order valence-corrected chi connectivity index (χ0v) is 9.29. The van der Waals surface area contributed by atoms with E-state index < -0.39 is 5.54 Å². The molecule has 0 saturated carbocycles. The van der Waals surface area contributed by atoms with Crippen LogP contribution in [0.2, 0.25) is 0 Å². The van der Waals surface area contributed by atoms with Gasteiger partial charge in [0.25, 0.3) is 0 Å². The Morgan fingerprint density at radius 3 is 2.46 bits per heavy atom. The molecule has 6 heteroatoms. The number of ketones is 1. The Morgan fingerprint density at radius 2 is 2.15 bits per heavy atom. The summed E-state index contributed by atoms with van der Waals surface area (Å²) in [6.45, 7) is 3.30. The van der Waals surface area contributed by atoms with E-state index in [4.69, 9.17) is 5.73 Å². The molecule has 0 saturated heterocycles. The number of carbonyl (C=O) groups excluding carboxylic acids is 1. The lowest BCUT2D eigenvalue weighted by Gasteiger charge is -2.16. The van der Waals surface area contributed by atoms with Crippen LogP contribution >= 0.6 is 15.9 Å². The van der Waals surface area contributed by atoms with Gasteiger partial charge in [0.2, 0.25) is 5.78 Å². The van der Waals surface area contributed by atoms with Crippen molar-refractivity contribution < 1.29 is 4.79 Å². The molecule has 0 spiro atoms. The van der Waals surface area contributed by atoms with E-state index in [9.17, 15) is 4.79 Å². The third kappa shape index (κ3) is 1.94. The average molecular weight is 247 g/mol. The van der Waals surface area contributed by atoms with Gasteiger partial charge in [-0.15, -0.1) is 5.10 Å². The molecule has 0 radical (unpaired) electrons. The summed E-state index contributed by atoms with van der Waals surface area (Å²) in [6.07, 6.45) is 0. The van der Waals surface area contributed by atoms with E-state index in [1.54, 1.807) is 20.9 Å². The molecule has 5 nitrogen and oxygen atoms in total. The third-order valence-corrected chi connectivity index (χ3v) is 2.12. The van der Waals surface area contributed by atoms with Crippen LogP contribution in [0.25, 0.3) is 0 Å². The molecular weight excluding hydrogens is 236 g/mol. The van der Waals surface area contributed by atoms with Gasteiger partial charge in [-0.25, -0.2) is 4.68 Å². The van der Waals surface area contributed by atoms with Crippen LogP contribution in [-0.4, -0.2) is 26.3 Å². The van der Waals surface area contributed by atoms with E-state index in [0.717, 1.165) is 0 Å². The first-order valence-corrected chi connectivity index (χ1v) is 4.52. The summed E-state index contributed by atoms with van der Waals surface area (Å²) in [4.78, 5) is 11.7. The maximum Gasteiger partial charge on any atom is 0.202 e. The van der Waals surface area contributed by atoms with Crippen LogP contribution in [0.4, 0.5) is 0 Å². The molecule has 0 aliphatic carbocycles. The minimum absolute atomic E-state index is 0.188. The molecule has 0 aliphatic heterocycles. The number of rotatable bonds is 2. The van der Waals surface area contributed by atoms with Gasteiger partial charge < -0.3 is 5.73 Å². The number of nitrogens with zero attached hydrogens (tertiary/aromatic N) is 3. The van der Waals surface area contributed by atoms with Crippen LogP contribution in [0, 0.1) is 0 Å². The first-order valence-electron chi connectivity index (χ1n) is 3.73. The fraction of sp³-hybridized carbons (Fsp3) is 0.571. The van der Waals surface area contributed by atoms with E-state index in [0.29, 0.717) is 10.3 Å². The van der Waals surface area contributed by atoms with Crippen molar-refractivity contribution in [1.82, 2.24) is 15.0 Å². The fourth-order valence-corrected chi connectivity index (χ4v) is 1.39. The molecule has 2 N–H and O–H groups in total. The maximum absolute atomic E-state index is 11.7. The van der Waals surface area contributed by atoms with Crippen molar-refractivity contribution in [2.75, 3.05) is 0 Å². The van der Waals surface area contributed by atoms with E-state index >= 15 is 0 Å². The highest BCUT2D eigenvalue weighted by Gasteiger charge is 2.28. The van der Waals surface area contributed by atoms with Crippen molar-refractivity contribution >= 4 is 21.7 Å². The molecule has 0 aromatic carbocycles. The lowest BCUT2D eigenvalue weighted by molar-refractivity contribution is 0.0903. The number of hydrogen-bond acceptors (Lipinski definition) is 4. The predicted octanol–water partition coefficient (Wildman–Crippen LogP) is 0.498. The summed E-state index contributed by atoms with van der Waals surface area (Å²) in [6, 6.07) is 0. The second-order valence-electron chi connectivity index (χ2n) is 3.40. The molecule has 0 bridgehead atoms. The van der Waals surface area contributed by atoms with Gasteiger partial charge >= 0.3 is 0 Å². The van der Waals surface area contributed by atoms with E-state index in [1.807, 2.05) is 0 Å². The van der Waals surface area contributed by atoms with Crippen molar-refractivity contribution in [2.24, 2.45) is 12.8 Å². The highest BCUT2D eigenvalue weighted by molar-refractivity contribution is 9.10. The molecule has 0 unspecified atom stereocenters. The molecule has 0 fully saturated rings. The Labute approximate surface area is 84.4 Å². The normalized spacial score (nSPS) is 11.8. The molecule has 1 aromatic rings. The molecule has 1 heterocycles. The highest BCUT2D eigenvalue weighted by Crippen LogP contribution is 2.16. The molecule has 1 aromatic heterocycles. The van der Waals surface area contributed by atoms with Gasteiger partial charge in [0.15, 0.2) is 4.60 Å². The summed E-state index contributed by atoms with van der Waals surface area (Å²) in [5.74, 6) is -0.188. The van der Waals surface area contributed by atoms with Crippen LogP contribution in [0.3, 0.4) is 0 Å². The molecule has 0 atom stereocenters. The van der Waals surface area contributed by atoms with Crippen molar-refractivity contribution in [1.29, 1.82) is 0 Å². The topological polar surface area (TPSA) is 73.8 Å². The smallest absolute Gasteiger partial charge is 0.202 e. The van der Waals surface area contributed by atoms with Crippen molar-refractivity contribution in [2.45, 2.75) is 19.4 Å². The molecule has 0 aliphatic rings. The Hall–Kier alpha value is -0.750. The van der Waals surface area contributed by atoms with Crippen LogP contribution in [0.5, 0.6) is 0 Å². The highest BCUT2D eigenvalue weighted by atomic mass is 79.9. The summed E-state index contributed by atoms with van der Waals surface area (Å²) in [5, 5.41) is 7.40. The number of carbonyl (C=O) groups is 1. The van der Waals surface area contributed by atoms with Gasteiger partial charge in [-0.05, 0) is 29.8 Å². The number of aryl methyl sites for hydroxylation is 1. The molecule has 0 amide bonds. The van der Waals surface area contributed by atoms with Crippen molar-refractivity contribution in [3.05, 3.63) is 10.3 Å². The fourth-order valence-electron chi connectivity index (χ4n) is 0.878. The SMILES string of the molecule is Cn1nnc(Br)c1C(=O)C(C)(C)N.